The van der Waals surface area contributed by atoms with Crippen LogP contribution in [0.3, 0.4) is 0 Å². The van der Waals surface area contributed by atoms with Crippen LogP contribution >= 0.6 is 11.6 Å². The molecule has 0 fully saturated rings. The number of hydrogen-bond acceptors (Lipinski definition) is 3. The van der Waals surface area contributed by atoms with Crippen molar-refractivity contribution in [2.75, 3.05) is 13.2 Å². The quantitative estimate of drug-likeness (QED) is 0.439. The van der Waals surface area contributed by atoms with E-state index in [0.29, 0.717) is 0 Å². The third-order valence-corrected chi connectivity index (χ3v) is 2.15. The first kappa shape index (κ1) is 16.2. The first-order valence-corrected chi connectivity index (χ1v) is 5.23. The van der Waals surface area contributed by atoms with Crippen LogP contribution in [-0.2, 0) is 14.3 Å². The Labute approximate surface area is 103 Å². The molecule has 17 heavy (non-hydrogen) atoms. The lowest BCUT2D eigenvalue weighted by atomic mass is 10.3. The molecular weight excluding hydrogens is 261 g/mol. The molecule has 0 radical (unpaired) electrons. The first-order valence-electron chi connectivity index (χ1n) is 4.85. The summed E-state index contributed by atoms with van der Waals surface area (Å²) in [7, 11) is 0. The smallest absolute Gasteiger partial charge is 0.443 e. The summed E-state index contributed by atoms with van der Waals surface area (Å²) in [4.78, 5) is 11.2. The minimum atomic E-state index is -5.05. The third-order valence-electron chi connectivity index (χ3n) is 1.68. The van der Waals surface area contributed by atoms with Crippen LogP contribution in [0.15, 0.2) is 11.6 Å². The Hall–Kier alpha value is -0.750. The molecule has 0 aliphatic rings. The maximum Gasteiger partial charge on any atom is 0.443 e. The predicted octanol–water partition coefficient (Wildman–Crippen LogP) is 3.03. The summed E-state index contributed by atoms with van der Waals surface area (Å²) in [6.07, 6.45) is -3.67. The predicted molar refractivity (Wildman–Crippen MR) is 56.7 cm³/mol. The van der Waals surface area contributed by atoms with Crippen LogP contribution in [0, 0.1) is 0 Å². The average Bonchev–Trinajstić information content (AvgIpc) is 2.15. The topological polar surface area (TPSA) is 35.5 Å². The largest absolute Gasteiger partial charge is 0.463 e. The molecule has 0 saturated heterocycles. The highest BCUT2D eigenvalue weighted by atomic mass is 35.5. The van der Waals surface area contributed by atoms with Crippen molar-refractivity contribution >= 4 is 17.6 Å². The first-order chi connectivity index (χ1) is 7.65. The van der Waals surface area contributed by atoms with Gasteiger partial charge in [-0.15, -0.1) is 0 Å². The average molecular weight is 275 g/mol. The highest BCUT2D eigenvalue weighted by Gasteiger charge is 2.62. The summed E-state index contributed by atoms with van der Waals surface area (Å²) in [5.74, 6) is -1.66. The Morgan fingerprint density at radius 3 is 2.24 bits per heavy atom. The van der Waals surface area contributed by atoms with E-state index in [1.165, 1.54) is 13.0 Å². The summed E-state index contributed by atoms with van der Waals surface area (Å²) < 4.78 is 46.5. The monoisotopic (exact) mass is 274 g/mol. The standard InChI is InChI=1S/C10H14ClF3O3/c1-4-16-8(15)9(11,10(12,13)14)17-6-5-7(2)3/h5H,4,6H2,1-3H3. The summed E-state index contributed by atoms with van der Waals surface area (Å²) in [5, 5.41) is -3.45. The van der Waals surface area contributed by atoms with E-state index >= 15 is 0 Å². The molecule has 0 rings (SSSR count). The number of carbonyl (C=O) groups is 1. The lowest BCUT2D eigenvalue weighted by Gasteiger charge is -2.26. The number of halogens is 4. The van der Waals surface area contributed by atoms with E-state index in [-0.39, 0.29) is 6.61 Å². The van der Waals surface area contributed by atoms with Gasteiger partial charge in [-0.25, -0.2) is 4.79 Å². The van der Waals surface area contributed by atoms with Gasteiger partial charge in [-0.2, -0.15) is 13.2 Å². The molecule has 0 aromatic heterocycles. The van der Waals surface area contributed by atoms with Crippen molar-refractivity contribution in [3.8, 4) is 0 Å². The molecule has 0 aromatic rings. The minimum Gasteiger partial charge on any atom is -0.463 e. The van der Waals surface area contributed by atoms with Gasteiger partial charge in [-0.05, 0) is 20.8 Å². The zero-order valence-electron chi connectivity index (χ0n) is 9.73. The van der Waals surface area contributed by atoms with Crippen molar-refractivity contribution in [2.45, 2.75) is 32.0 Å². The van der Waals surface area contributed by atoms with Crippen LogP contribution in [0.1, 0.15) is 20.8 Å². The van der Waals surface area contributed by atoms with Crippen LogP contribution in [0.25, 0.3) is 0 Å². The fourth-order valence-electron chi connectivity index (χ4n) is 0.804. The second-order valence-electron chi connectivity index (χ2n) is 3.41. The second-order valence-corrected chi connectivity index (χ2v) is 3.94. The minimum absolute atomic E-state index is 0.213. The molecule has 100 valence electrons. The van der Waals surface area contributed by atoms with Crippen LogP contribution in [0.4, 0.5) is 13.2 Å². The van der Waals surface area contributed by atoms with E-state index in [1.807, 2.05) is 0 Å². The molecule has 0 amide bonds. The molecule has 1 unspecified atom stereocenters. The lowest BCUT2D eigenvalue weighted by Crippen LogP contribution is -2.50. The number of carbonyl (C=O) groups excluding carboxylic acids is 1. The van der Waals surface area contributed by atoms with Gasteiger partial charge >= 0.3 is 17.2 Å². The maximum atomic E-state index is 12.6. The van der Waals surface area contributed by atoms with E-state index < -0.39 is 23.8 Å². The molecule has 1 atom stereocenters. The van der Waals surface area contributed by atoms with Crippen molar-refractivity contribution in [3.05, 3.63) is 11.6 Å². The van der Waals surface area contributed by atoms with Gasteiger partial charge in [0.15, 0.2) is 0 Å². The van der Waals surface area contributed by atoms with Gasteiger partial charge in [-0.1, -0.05) is 23.3 Å². The number of allylic oxidation sites excluding steroid dienone is 1. The van der Waals surface area contributed by atoms with Gasteiger partial charge < -0.3 is 9.47 Å². The molecule has 0 bridgehead atoms. The molecule has 0 aromatic carbocycles. The zero-order chi connectivity index (χ0) is 13.7. The van der Waals surface area contributed by atoms with Crippen molar-refractivity contribution in [1.82, 2.24) is 0 Å². The number of ether oxygens (including phenoxy) is 2. The van der Waals surface area contributed by atoms with E-state index in [2.05, 4.69) is 9.47 Å². The molecular formula is C10H14ClF3O3. The second kappa shape index (κ2) is 6.26. The fourth-order valence-corrected chi connectivity index (χ4v) is 0.921. The van der Waals surface area contributed by atoms with Crippen molar-refractivity contribution < 1.29 is 27.4 Å². The van der Waals surface area contributed by atoms with Gasteiger partial charge in [0.1, 0.15) is 0 Å². The summed E-state index contributed by atoms with van der Waals surface area (Å²) in [6, 6.07) is 0. The fraction of sp³-hybridized carbons (Fsp3) is 0.700. The lowest BCUT2D eigenvalue weighted by molar-refractivity contribution is -0.244. The van der Waals surface area contributed by atoms with E-state index in [0.717, 1.165) is 5.57 Å². The summed E-state index contributed by atoms with van der Waals surface area (Å²) >= 11 is 5.18. The van der Waals surface area contributed by atoms with Crippen LogP contribution in [-0.4, -0.2) is 30.4 Å². The highest BCUT2D eigenvalue weighted by molar-refractivity contribution is 6.33. The Morgan fingerprint density at radius 2 is 1.88 bits per heavy atom. The summed E-state index contributed by atoms with van der Waals surface area (Å²) in [5.41, 5.74) is 0.745. The molecule has 0 N–H and O–H groups in total. The van der Waals surface area contributed by atoms with E-state index in [4.69, 9.17) is 11.6 Å². The van der Waals surface area contributed by atoms with Gasteiger partial charge in [0.05, 0.1) is 13.2 Å². The summed E-state index contributed by atoms with van der Waals surface area (Å²) in [6.45, 7) is 4.09. The zero-order valence-corrected chi connectivity index (χ0v) is 10.5. The Morgan fingerprint density at radius 1 is 1.35 bits per heavy atom. The molecule has 0 aliphatic carbocycles. The van der Waals surface area contributed by atoms with Crippen molar-refractivity contribution in [2.24, 2.45) is 0 Å². The third kappa shape index (κ3) is 4.55. The van der Waals surface area contributed by atoms with E-state index in [9.17, 15) is 18.0 Å². The number of rotatable bonds is 5. The van der Waals surface area contributed by atoms with Gasteiger partial charge in [0.25, 0.3) is 0 Å². The Kier molecular flexibility index (Phi) is 5.98. The van der Waals surface area contributed by atoms with Crippen LogP contribution in [0.2, 0.25) is 0 Å². The van der Waals surface area contributed by atoms with Gasteiger partial charge in [-0.3, -0.25) is 0 Å². The molecule has 0 spiro atoms. The van der Waals surface area contributed by atoms with Crippen molar-refractivity contribution in [1.29, 1.82) is 0 Å². The van der Waals surface area contributed by atoms with Crippen molar-refractivity contribution in [3.63, 3.8) is 0 Å². The molecule has 0 heterocycles. The normalized spacial score (nSPS) is 15.0. The van der Waals surface area contributed by atoms with Crippen LogP contribution in [0.5, 0.6) is 0 Å². The number of alkyl halides is 4. The highest BCUT2D eigenvalue weighted by Crippen LogP contribution is 2.38. The molecule has 7 heteroatoms. The van der Waals surface area contributed by atoms with E-state index in [1.54, 1.807) is 13.8 Å². The SMILES string of the molecule is CCOC(=O)C(Cl)(OCC=C(C)C)C(F)(F)F. The Bertz CT molecular complexity index is 298. The maximum absolute atomic E-state index is 12.6. The molecule has 0 aliphatic heterocycles. The Balaban J connectivity index is 4.87. The molecule has 0 saturated carbocycles. The van der Waals surface area contributed by atoms with Crippen LogP contribution < -0.4 is 0 Å². The number of hydrogen-bond donors (Lipinski definition) is 0. The van der Waals surface area contributed by atoms with Gasteiger partial charge in [0.2, 0.25) is 0 Å². The number of esters is 1. The van der Waals surface area contributed by atoms with Gasteiger partial charge in [0, 0.05) is 0 Å². The molecule has 3 nitrogen and oxygen atoms in total.